The fourth-order valence-electron chi connectivity index (χ4n) is 4.22. The number of nitrogens with two attached hydrogens (primary N) is 1. The van der Waals surface area contributed by atoms with Gasteiger partial charge in [0.2, 0.25) is 5.95 Å². The highest BCUT2D eigenvalue weighted by atomic mass is 16.1. The van der Waals surface area contributed by atoms with E-state index in [-0.39, 0.29) is 5.69 Å². The van der Waals surface area contributed by atoms with Crippen molar-refractivity contribution in [3.63, 3.8) is 0 Å². The highest BCUT2D eigenvalue weighted by molar-refractivity contribution is 5.90. The van der Waals surface area contributed by atoms with Gasteiger partial charge in [0, 0.05) is 43.6 Å². The number of carbonyl (C=O) groups excluding carboxylic acids is 1. The lowest BCUT2D eigenvalue weighted by Crippen LogP contribution is -2.52. The minimum Gasteiger partial charge on any atom is -0.364 e. The second-order valence-corrected chi connectivity index (χ2v) is 8.05. The second kappa shape index (κ2) is 9.14. The Kier molecular flexibility index (Phi) is 6.14. The molecule has 31 heavy (non-hydrogen) atoms. The lowest BCUT2D eigenvalue weighted by molar-refractivity contribution is 0.0995. The monoisotopic (exact) mass is 417 g/mol. The first kappa shape index (κ1) is 20.8. The van der Waals surface area contributed by atoms with E-state index < -0.39 is 5.91 Å². The quantitative estimate of drug-likeness (QED) is 0.455. The number of piperazine rings is 1. The predicted octanol–water partition coefficient (Wildman–Crippen LogP) is 3.14. The van der Waals surface area contributed by atoms with Gasteiger partial charge in [0.15, 0.2) is 5.69 Å². The van der Waals surface area contributed by atoms with Gasteiger partial charge in [-0.2, -0.15) is 0 Å². The van der Waals surface area contributed by atoms with Gasteiger partial charge < -0.3 is 15.6 Å². The van der Waals surface area contributed by atoms with Crippen LogP contribution in [0.5, 0.6) is 0 Å². The lowest BCUT2D eigenvalue weighted by Gasteiger charge is -2.40. The van der Waals surface area contributed by atoms with Crippen LogP contribution in [0, 0.1) is 6.57 Å². The molecule has 1 aliphatic heterocycles. The van der Waals surface area contributed by atoms with Gasteiger partial charge in [0.1, 0.15) is 5.69 Å². The van der Waals surface area contributed by atoms with Crippen LogP contribution in [0.4, 0.5) is 11.6 Å². The van der Waals surface area contributed by atoms with Gasteiger partial charge in [-0.15, -0.1) is 0 Å². The summed E-state index contributed by atoms with van der Waals surface area (Å²) in [5, 5.41) is 1.16. The van der Waals surface area contributed by atoms with Gasteiger partial charge >= 0.3 is 0 Å². The molecule has 160 valence electrons. The van der Waals surface area contributed by atoms with Gasteiger partial charge in [0.25, 0.3) is 5.91 Å². The highest BCUT2D eigenvalue weighted by Crippen LogP contribution is 2.25. The summed E-state index contributed by atoms with van der Waals surface area (Å²) in [6.45, 7) is 13.1. The normalized spacial score (nSPS) is 17.0. The number of H-pyrrole nitrogens is 1. The van der Waals surface area contributed by atoms with E-state index in [0.717, 1.165) is 56.3 Å². The molecule has 1 fully saturated rings. The minimum absolute atomic E-state index is 0.251. The van der Waals surface area contributed by atoms with Crippen molar-refractivity contribution in [2.45, 2.75) is 32.2 Å². The number of hydrogen-bond acceptors (Lipinski definition) is 5. The average Bonchev–Trinajstić information content (AvgIpc) is 3.19. The zero-order chi connectivity index (χ0) is 21.8. The summed E-state index contributed by atoms with van der Waals surface area (Å²) in [5.41, 5.74) is 8.65. The van der Waals surface area contributed by atoms with Crippen LogP contribution in [0.15, 0.2) is 36.7 Å². The third-order valence-corrected chi connectivity index (χ3v) is 5.96. The number of carbonyl (C=O) groups is 1. The van der Waals surface area contributed by atoms with Crippen LogP contribution < -0.4 is 10.6 Å². The second-order valence-electron chi connectivity index (χ2n) is 8.05. The van der Waals surface area contributed by atoms with E-state index in [1.165, 1.54) is 5.56 Å². The van der Waals surface area contributed by atoms with E-state index in [1.54, 1.807) is 12.3 Å². The molecule has 1 amide bonds. The number of benzene rings is 1. The molecule has 3 heterocycles. The number of aromatic amines is 1. The van der Waals surface area contributed by atoms with E-state index in [1.807, 2.05) is 18.2 Å². The molecular formula is C23H27N7O. The largest absolute Gasteiger partial charge is 0.364 e. The molecule has 0 spiro atoms. The number of primary amides is 1. The third kappa shape index (κ3) is 4.67. The molecule has 0 aliphatic carbocycles. The maximum absolute atomic E-state index is 11.4. The Bertz CT molecular complexity index is 1120. The van der Waals surface area contributed by atoms with Gasteiger partial charge in [-0.3, -0.25) is 9.69 Å². The van der Waals surface area contributed by atoms with Crippen LogP contribution in [0.1, 0.15) is 35.8 Å². The van der Waals surface area contributed by atoms with Crippen molar-refractivity contribution in [3.05, 3.63) is 59.3 Å². The first-order valence-corrected chi connectivity index (χ1v) is 10.6. The molecule has 4 rings (SSSR count). The maximum Gasteiger partial charge on any atom is 0.267 e. The Morgan fingerprint density at radius 2 is 2.19 bits per heavy atom. The zero-order valence-electron chi connectivity index (χ0n) is 17.7. The molecule has 1 aromatic carbocycles. The summed E-state index contributed by atoms with van der Waals surface area (Å²) in [5.74, 6) is 0.0387. The van der Waals surface area contributed by atoms with Gasteiger partial charge in [-0.1, -0.05) is 6.07 Å². The predicted molar refractivity (Wildman–Crippen MR) is 121 cm³/mol. The number of aromatic nitrogens is 3. The van der Waals surface area contributed by atoms with E-state index in [9.17, 15) is 4.79 Å². The van der Waals surface area contributed by atoms with E-state index >= 15 is 0 Å². The fourth-order valence-corrected chi connectivity index (χ4v) is 4.22. The number of unbranched alkanes of at least 4 members (excludes halogenated alkanes) is 1. The van der Waals surface area contributed by atoms with Gasteiger partial charge in [0.05, 0.1) is 6.57 Å². The van der Waals surface area contributed by atoms with Crippen LogP contribution in [-0.4, -0.2) is 58.0 Å². The van der Waals surface area contributed by atoms with Crippen molar-refractivity contribution in [3.8, 4) is 0 Å². The number of nitrogens with zero attached hydrogens (tertiary/aromatic N) is 5. The molecule has 2 aromatic heterocycles. The van der Waals surface area contributed by atoms with E-state index in [0.29, 0.717) is 17.7 Å². The lowest BCUT2D eigenvalue weighted by atomic mass is 10.1. The molecule has 0 saturated carbocycles. The number of anilines is 1. The Morgan fingerprint density at radius 1 is 1.32 bits per heavy atom. The summed E-state index contributed by atoms with van der Waals surface area (Å²) >= 11 is 0. The Balaban J connectivity index is 1.28. The number of nitrogens with one attached hydrogen (secondary N) is 1. The molecule has 1 atom stereocenters. The van der Waals surface area contributed by atoms with Crippen molar-refractivity contribution >= 4 is 28.4 Å². The van der Waals surface area contributed by atoms with Crippen molar-refractivity contribution in [1.82, 2.24) is 19.9 Å². The molecular weight excluding hydrogens is 390 g/mol. The Hall–Kier alpha value is -3.44. The summed E-state index contributed by atoms with van der Waals surface area (Å²) < 4.78 is 0. The Labute approximate surface area is 181 Å². The van der Waals surface area contributed by atoms with E-state index in [2.05, 4.69) is 42.7 Å². The minimum atomic E-state index is -0.532. The molecule has 1 aliphatic rings. The van der Waals surface area contributed by atoms with Crippen molar-refractivity contribution in [1.29, 1.82) is 0 Å². The van der Waals surface area contributed by atoms with Gasteiger partial charge in [-0.25, -0.2) is 14.8 Å². The van der Waals surface area contributed by atoms with Crippen molar-refractivity contribution in [2.75, 3.05) is 31.1 Å². The van der Waals surface area contributed by atoms with E-state index in [4.69, 9.17) is 12.3 Å². The smallest absolute Gasteiger partial charge is 0.267 e. The first-order valence-electron chi connectivity index (χ1n) is 10.6. The van der Waals surface area contributed by atoms with Crippen molar-refractivity contribution < 1.29 is 4.79 Å². The Morgan fingerprint density at radius 3 is 2.97 bits per heavy atom. The number of aryl methyl sites for hydroxylation is 1. The number of rotatable bonds is 7. The van der Waals surface area contributed by atoms with Crippen LogP contribution >= 0.6 is 0 Å². The molecule has 8 nitrogen and oxygen atoms in total. The summed E-state index contributed by atoms with van der Waals surface area (Å²) in [7, 11) is 0. The van der Waals surface area contributed by atoms with Gasteiger partial charge in [-0.05, 0) is 61.9 Å². The van der Waals surface area contributed by atoms with Crippen LogP contribution in [0.25, 0.3) is 15.7 Å². The summed E-state index contributed by atoms with van der Waals surface area (Å²) in [4.78, 5) is 31.5. The SMILES string of the molecule is [C-]#[N+]c1ccc2[nH]cc(CCCCN3CCN(c4nccc(C(N)=O)n4)CC3C)c2c1. The summed E-state index contributed by atoms with van der Waals surface area (Å²) in [6.07, 6.45) is 6.88. The summed E-state index contributed by atoms with van der Waals surface area (Å²) in [6, 6.07) is 7.73. The van der Waals surface area contributed by atoms with Crippen LogP contribution in [0.2, 0.25) is 0 Å². The fraction of sp³-hybridized carbons (Fsp3) is 0.391. The molecule has 3 N–H and O–H groups in total. The molecule has 0 bridgehead atoms. The number of fused-ring (bicyclic) bond motifs is 1. The average molecular weight is 418 g/mol. The maximum atomic E-state index is 11.4. The molecule has 8 heteroatoms. The number of amides is 1. The van der Waals surface area contributed by atoms with Crippen LogP contribution in [0.3, 0.4) is 0 Å². The first-order chi connectivity index (χ1) is 15.0. The van der Waals surface area contributed by atoms with Crippen LogP contribution in [-0.2, 0) is 6.42 Å². The highest BCUT2D eigenvalue weighted by Gasteiger charge is 2.25. The molecule has 0 radical (unpaired) electrons. The number of hydrogen-bond donors (Lipinski definition) is 2. The zero-order valence-corrected chi connectivity index (χ0v) is 17.7. The molecule has 1 saturated heterocycles. The molecule has 1 unspecified atom stereocenters. The van der Waals surface area contributed by atoms with Crippen molar-refractivity contribution in [2.24, 2.45) is 5.73 Å². The molecule has 3 aromatic rings. The third-order valence-electron chi connectivity index (χ3n) is 5.96. The topological polar surface area (TPSA) is 95.5 Å². The standard InChI is InChI=1S/C23H27N7O/c1-16-15-30(23-26-9-8-21(28-23)22(24)31)12-11-29(16)10-4-3-5-17-14-27-20-7-6-18(25-2)13-19(17)20/h6-9,13-14,16,27H,3-5,10-12,15H2,1H3,(H2,24,31).